The lowest BCUT2D eigenvalue weighted by Gasteiger charge is -2.11. The van der Waals surface area contributed by atoms with Crippen LogP contribution in [0, 0.1) is 25.2 Å². The van der Waals surface area contributed by atoms with Crippen LogP contribution in [0.1, 0.15) is 22.4 Å². The number of nitrogen functional groups attached to an aromatic ring is 1. The van der Waals surface area contributed by atoms with E-state index >= 15 is 0 Å². The summed E-state index contributed by atoms with van der Waals surface area (Å²) in [6.07, 6.45) is 0. The maximum atomic E-state index is 9.06. The summed E-state index contributed by atoms with van der Waals surface area (Å²) in [5.74, 6) is 0.615. The van der Waals surface area contributed by atoms with Crippen LogP contribution in [0.5, 0.6) is 0 Å². The Hall–Kier alpha value is -2.54. The Morgan fingerprint density at radius 1 is 1.26 bits per heavy atom. The molecule has 19 heavy (non-hydrogen) atoms. The van der Waals surface area contributed by atoms with Crippen molar-refractivity contribution in [1.29, 1.82) is 5.26 Å². The van der Waals surface area contributed by atoms with Gasteiger partial charge < -0.3 is 11.1 Å². The molecule has 0 saturated heterocycles. The number of nitrogens with zero attached hydrogens (tertiary/aromatic N) is 2. The first kappa shape index (κ1) is 12.9. The van der Waals surface area contributed by atoms with Crippen molar-refractivity contribution in [3.63, 3.8) is 0 Å². The van der Waals surface area contributed by atoms with Crippen LogP contribution in [-0.4, -0.2) is 4.98 Å². The molecule has 4 nitrogen and oxygen atoms in total. The summed E-state index contributed by atoms with van der Waals surface area (Å²) >= 11 is 0. The van der Waals surface area contributed by atoms with E-state index in [0.29, 0.717) is 17.9 Å². The van der Waals surface area contributed by atoms with Gasteiger partial charge in [0.05, 0.1) is 5.56 Å². The van der Waals surface area contributed by atoms with Gasteiger partial charge in [-0.1, -0.05) is 12.1 Å². The van der Waals surface area contributed by atoms with E-state index < -0.39 is 0 Å². The third kappa shape index (κ3) is 2.83. The summed E-state index contributed by atoms with van der Waals surface area (Å²) in [5.41, 5.74) is 10.2. The molecule has 0 aliphatic heterocycles. The maximum Gasteiger partial charge on any atom is 0.144 e. The average molecular weight is 252 g/mol. The smallest absolute Gasteiger partial charge is 0.144 e. The first-order chi connectivity index (χ1) is 9.11. The number of pyridine rings is 1. The zero-order chi connectivity index (χ0) is 13.8. The minimum atomic E-state index is 0.548. The number of hydrogen-bond acceptors (Lipinski definition) is 4. The molecule has 0 aliphatic carbocycles. The van der Waals surface area contributed by atoms with Gasteiger partial charge in [0, 0.05) is 17.9 Å². The van der Waals surface area contributed by atoms with Crippen LogP contribution in [0.15, 0.2) is 30.3 Å². The summed E-state index contributed by atoms with van der Waals surface area (Å²) < 4.78 is 0. The third-order valence-electron chi connectivity index (χ3n) is 3.09. The molecule has 0 radical (unpaired) electrons. The van der Waals surface area contributed by atoms with Crippen LogP contribution in [0.3, 0.4) is 0 Å². The van der Waals surface area contributed by atoms with Crippen molar-refractivity contribution < 1.29 is 0 Å². The molecule has 0 fully saturated rings. The monoisotopic (exact) mass is 252 g/mol. The fourth-order valence-electron chi connectivity index (χ4n) is 1.86. The quantitative estimate of drug-likeness (QED) is 0.824. The van der Waals surface area contributed by atoms with Crippen LogP contribution in [0.4, 0.5) is 11.5 Å². The summed E-state index contributed by atoms with van der Waals surface area (Å²) in [6, 6.07) is 11.6. The zero-order valence-corrected chi connectivity index (χ0v) is 11.1. The predicted molar refractivity (Wildman–Crippen MR) is 76.6 cm³/mol. The molecule has 0 aliphatic rings. The molecule has 0 spiro atoms. The summed E-state index contributed by atoms with van der Waals surface area (Å²) in [4.78, 5) is 4.35. The van der Waals surface area contributed by atoms with Gasteiger partial charge in [0.2, 0.25) is 0 Å². The molecule has 0 atom stereocenters. The van der Waals surface area contributed by atoms with E-state index in [2.05, 4.69) is 16.4 Å². The standard InChI is InChI=1S/C15H16N4/c1-10-6-7-12(8-16)15(19-10)18-9-13-4-3-5-14(17)11(13)2/h3-7H,9,17H2,1-2H3,(H,18,19). The molecule has 0 amide bonds. The lowest BCUT2D eigenvalue weighted by atomic mass is 10.1. The average Bonchev–Trinajstić information content (AvgIpc) is 2.40. The first-order valence-electron chi connectivity index (χ1n) is 6.07. The Morgan fingerprint density at radius 3 is 2.79 bits per heavy atom. The second-order valence-electron chi connectivity index (χ2n) is 4.45. The van der Waals surface area contributed by atoms with Gasteiger partial charge in [-0.25, -0.2) is 4.98 Å². The molecule has 1 heterocycles. The van der Waals surface area contributed by atoms with Gasteiger partial charge in [-0.05, 0) is 43.2 Å². The Bertz CT molecular complexity index is 641. The predicted octanol–water partition coefficient (Wildman–Crippen LogP) is 2.76. The number of aryl methyl sites for hydroxylation is 1. The van der Waals surface area contributed by atoms with Gasteiger partial charge in [0.15, 0.2) is 0 Å². The van der Waals surface area contributed by atoms with E-state index in [-0.39, 0.29) is 0 Å². The SMILES string of the molecule is Cc1ccc(C#N)c(NCc2cccc(N)c2C)n1. The number of nitrogens with two attached hydrogens (primary N) is 1. The normalized spacial score (nSPS) is 9.95. The molecule has 3 N–H and O–H groups in total. The van der Waals surface area contributed by atoms with E-state index in [9.17, 15) is 0 Å². The van der Waals surface area contributed by atoms with Crippen molar-refractivity contribution in [2.75, 3.05) is 11.1 Å². The van der Waals surface area contributed by atoms with Gasteiger partial charge in [-0.15, -0.1) is 0 Å². The Morgan fingerprint density at radius 2 is 2.05 bits per heavy atom. The molecular weight excluding hydrogens is 236 g/mol. The van der Waals surface area contributed by atoms with E-state index in [1.54, 1.807) is 6.07 Å². The van der Waals surface area contributed by atoms with E-state index in [0.717, 1.165) is 22.5 Å². The van der Waals surface area contributed by atoms with E-state index in [1.807, 2.05) is 38.1 Å². The van der Waals surface area contributed by atoms with Crippen molar-refractivity contribution in [3.8, 4) is 6.07 Å². The molecule has 1 aromatic heterocycles. The van der Waals surface area contributed by atoms with Gasteiger partial charge in [-0.3, -0.25) is 0 Å². The molecular formula is C15H16N4. The highest BCUT2D eigenvalue weighted by atomic mass is 15.0. The minimum Gasteiger partial charge on any atom is -0.399 e. The molecule has 0 bridgehead atoms. The van der Waals surface area contributed by atoms with Crippen molar-refractivity contribution in [2.45, 2.75) is 20.4 Å². The summed E-state index contributed by atoms with van der Waals surface area (Å²) in [6.45, 7) is 4.49. The minimum absolute atomic E-state index is 0.548. The van der Waals surface area contributed by atoms with Crippen molar-refractivity contribution in [1.82, 2.24) is 4.98 Å². The number of aromatic nitrogens is 1. The van der Waals surface area contributed by atoms with Crippen LogP contribution < -0.4 is 11.1 Å². The molecule has 4 heteroatoms. The van der Waals surface area contributed by atoms with Crippen molar-refractivity contribution in [2.24, 2.45) is 0 Å². The van der Waals surface area contributed by atoms with Gasteiger partial charge in [-0.2, -0.15) is 5.26 Å². The molecule has 96 valence electrons. The van der Waals surface area contributed by atoms with Gasteiger partial charge in [0.1, 0.15) is 11.9 Å². The van der Waals surface area contributed by atoms with E-state index in [4.69, 9.17) is 11.0 Å². The van der Waals surface area contributed by atoms with Crippen LogP contribution in [0.25, 0.3) is 0 Å². The fourth-order valence-corrected chi connectivity index (χ4v) is 1.86. The first-order valence-corrected chi connectivity index (χ1v) is 6.07. The van der Waals surface area contributed by atoms with Crippen LogP contribution in [0.2, 0.25) is 0 Å². The summed E-state index contributed by atoms with van der Waals surface area (Å²) in [5, 5.41) is 12.3. The lowest BCUT2D eigenvalue weighted by molar-refractivity contribution is 1.07. The topological polar surface area (TPSA) is 74.7 Å². The van der Waals surface area contributed by atoms with E-state index in [1.165, 1.54) is 0 Å². The Kier molecular flexibility index (Phi) is 3.67. The Labute approximate surface area is 112 Å². The van der Waals surface area contributed by atoms with Gasteiger partial charge >= 0.3 is 0 Å². The molecule has 1 aromatic carbocycles. The summed E-state index contributed by atoms with van der Waals surface area (Å²) in [7, 11) is 0. The number of rotatable bonds is 3. The van der Waals surface area contributed by atoms with Crippen molar-refractivity contribution >= 4 is 11.5 Å². The number of benzene rings is 1. The number of nitriles is 1. The largest absolute Gasteiger partial charge is 0.399 e. The van der Waals surface area contributed by atoms with Crippen LogP contribution in [-0.2, 0) is 6.54 Å². The highest BCUT2D eigenvalue weighted by Gasteiger charge is 2.05. The number of nitrogens with one attached hydrogen (secondary N) is 1. The number of hydrogen-bond donors (Lipinski definition) is 2. The fraction of sp³-hybridized carbons (Fsp3) is 0.200. The Balaban J connectivity index is 2.21. The number of anilines is 2. The second-order valence-corrected chi connectivity index (χ2v) is 4.45. The molecule has 0 unspecified atom stereocenters. The van der Waals surface area contributed by atoms with Gasteiger partial charge in [0.25, 0.3) is 0 Å². The zero-order valence-electron chi connectivity index (χ0n) is 11.1. The molecule has 2 aromatic rings. The molecule has 2 rings (SSSR count). The highest BCUT2D eigenvalue weighted by Crippen LogP contribution is 2.18. The second kappa shape index (κ2) is 5.40. The highest BCUT2D eigenvalue weighted by molar-refractivity contribution is 5.54. The van der Waals surface area contributed by atoms with Crippen molar-refractivity contribution in [3.05, 3.63) is 52.7 Å². The maximum absolute atomic E-state index is 9.06. The third-order valence-corrected chi connectivity index (χ3v) is 3.09. The van der Waals surface area contributed by atoms with Crippen LogP contribution >= 0.6 is 0 Å². The molecule has 0 saturated carbocycles. The lowest BCUT2D eigenvalue weighted by Crippen LogP contribution is -2.06.